The number of aromatic nitrogens is 1. The Morgan fingerprint density at radius 2 is 2.18 bits per heavy atom. The molecular formula is C13H12N2O2. The molecule has 3 rings (SSSR count). The molecule has 1 aromatic heterocycles. The highest BCUT2D eigenvalue weighted by Crippen LogP contribution is 2.28. The smallest absolute Gasteiger partial charge is 0.224 e. The molecule has 2 aromatic rings. The first-order valence-electron chi connectivity index (χ1n) is 5.59. The monoisotopic (exact) mass is 228 g/mol. The molecule has 17 heavy (non-hydrogen) atoms. The largest absolute Gasteiger partial charge is 0.356 e. The van der Waals surface area contributed by atoms with Gasteiger partial charge in [0.25, 0.3) is 0 Å². The second-order valence-corrected chi connectivity index (χ2v) is 4.25. The maximum Gasteiger partial charge on any atom is 0.224 e. The Labute approximate surface area is 98.6 Å². The van der Waals surface area contributed by atoms with Gasteiger partial charge in [-0.2, -0.15) is 0 Å². The van der Waals surface area contributed by atoms with E-state index >= 15 is 0 Å². The Morgan fingerprint density at radius 1 is 1.29 bits per heavy atom. The molecule has 0 unspecified atom stereocenters. The summed E-state index contributed by atoms with van der Waals surface area (Å²) in [5, 5.41) is 6.73. The molecule has 0 atom stereocenters. The molecule has 1 aliphatic rings. The second kappa shape index (κ2) is 3.73. The topological polar surface area (TPSA) is 55.1 Å². The standard InChI is InChI=1S/C13H12N2O2/c1-8-6-12(17-15-8)10-2-4-11-9(7-10)3-5-13(16)14-11/h2,4,6-7H,3,5H2,1H3,(H,14,16). The van der Waals surface area contributed by atoms with E-state index in [0.717, 1.165) is 34.7 Å². The number of carbonyl (C=O) groups excluding carboxylic acids is 1. The Kier molecular flexibility index (Phi) is 2.21. The molecule has 0 radical (unpaired) electrons. The molecule has 0 aliphatic carbocycles. The number of nitrogens with zero attached hydrogens (tertiary/aromatic N) is 1. The average molecular weight is 228 g/mol. The van der Waals surface area contributed by atoms with E-state index in [4.69, 9.17) is 4.52 Å². The molecule has 1 N–H and O–H groups in total. The number of amides is 1. The summed E-state index contributed by atoms with van der Waals surface area (Å²) in [6, 6.07) is 7.81. The van der Waals surface area contributed by atoms with Gasteiger partial charge >= 0.3 is 0 Å². The summed E-state index contributed by atoms with van der Waals surface area (Å²) in [5.74, 6) is 0.850. The van der Waals surface area contributed by atoms with Gasteiger partial charge in [0.15, 0.2) is 5.76 Å². The molecule has 1 aliphatic heterocycles. The molecule has 0 bridgehead atoms. The number of hydrogen-bond donors (Lipinski definition) is 1. The fourth-order valence-corrected chi connectivity index (χ4v) is 2.04. The van der Waals surface area contributed by atoms with Crippen LogP contribution < -0.4 is 5.32 Å². The molecule has 0 fully saturated rings. The summed E-state index contributed by atoms with van der Waals surface area (Å²) >= 11 is 0. The maximum atomic E-state index is 11.2. The Balaban J connectivity index is 2.01. The highest BCUT2D eigenvalue weighted by atomic mass is 16.5. The molecule has 1 aromatic carbocycles. The first-order chi connectivity index (χ1) is 8.22. The lowest BCUT2D eigenvalue weighted by Crippen LogP contribution is -2.18. The van der Waals surface area contributed by atoms with E-state index < -0.39 is 0 Å². The summed E-state index contributed by atoms with van der Waals surface area (Å²) in [4.78, 5) is 11.2. The van der Waals surface area contributed by atoms with Crippen molar-refractivity contribution in [3.63, 3.8) is 0 Å². The second-order valence-electron chi connectivity index (χ2n) is 4.25. The summed E-state index contributed by atoms with van der Waals surface area (Å²) < 4.78 is 5.23. The highest BCUT2D eigenvalue weighted by Gasteiger charge is 2.15. The van der Waals surface area contributed by atoms with E-state index in [1.165, 1.54) is 0 Å². The Bertz CT molecular complexity index is 587. The van der Waals surface area contributed by atoms with E-state index in [2.05, 4.69) is 16.5 Å². The number of benzene rings is 1. The molecule has 0 saturated carbocycles. The zero-order valence-electron chi connectivity index (χ0n) is 9.49. The number of carbonyl (C=O) groups is 1. The fraction of sp³-hybridized carbons (Fsp3) is 0.231. The predicted octanol–water partition coefficient (Wildman–Crippen LogP) is 2.53. The average Bonchev–Trinajstić information content (AvgIpc) is 2.75. The van der Waals surface area contributed by atoms with Crippen LogP contribution >= 0.6 is 0 Å². The zero-order valence-corrected chi connectivity index (χ0v) is 9.49. The lowest BCUT2D eigenvalue weighted by Gasteiger charge is -2.16. The third-order valence-electron chi connectivity index (χ3n) is 2.91. The molecule has 0 saturated heterocycles. The summed E-state index contributed by atoms with van der Waals surface area (Å²) in [7, 11) is 0. The van der Waals surface area contributed by atoms with E-state index in [0.29, 0.717) is 6.42 Å². The van der Waals surface area contributed by atoms with Crippen LogP contribution in [-0.4, -0.2) is 11.1 Å². The van der Waals surface area contributed by atoms with Gasteiger partial charge in [-0.1, -0.05) is 5.16 Å². The van der Waals surface area contributed by atoms with Crippen LogP contribution in [0.2, 0.25) is 0 Å². The van der Waals surface area contributed by atoms with Crippen molar-refractivity contribution in [3.05, 3.63) is 35.5 Å². The first-order valence-corrected chi connectivity index (χ1v) is 5.59. The minimum Gasteiger partial charge on any atom is -0.356 e. The molecular weight excluding hydrogens is 216 g/mol. The van der Waals surface area contributed by atoms with Crippen molar-refractivity contribution >= 4 is 11.6 Å². The van der Waals surface area contributed by atoms with Crippen LogP contribution in [0.5, 0.6) is 0 Å². The molecule has 86 valence electrons. The third-order valence-corrected chi connectivity index (χ3v) is 2.91. The third kappa shape index (κ3) is 1.82. The van der Waals surface area contributed by atoms with Crippen LogP contribution in [0.25, 0.3) is 11.3 Å². The Hall–Kier alpha value is -2.10. The van der Waals surface area contributed by atoms with Crippen LogP contribution in [0.1, 0.15) is 17.7 Å². The minimum atomic E-state index is 0.0840. The van der Waals surface area contributed by atoms with Crippen molar-refractivity contribution in [3.8, 4) is 11.3 Å². The van der Waals surface area contributed by atoms with Gasteiger partial charge in [-0.3, -0.25) is 4.79 Å². The van der Waals surface area contributed by atoms with Gasteiger partial charge in [-0.05, 0) is 37.1 Å². The number of anilines is 1. The van der Waals surface area contributed by atoms with Crippen molar-refractivity contribution in [1.82, 2.24) is 5.16 Å². The van der Waals surface area contributed by atoms with Crippen LogP contribution in [0.3, 0.4) is 0 Å². The fourth-order valence-electron chi connectivity index (χ4n) is 2.04. The summed E-state index contributed by atoms with van der Waals surface area (Å²) in [6.45, 7) is 1.89. The van der Waals surface area contributed by atoms with Gasteiger partial charge < -0.3 is 9.84 Å². The van der Waals surface area contributed by atoms with Gasteiger partial charge in [0.2, 0.25) is 5.91 Å². The number of fused-ring (bicyclic) bond motifs is 1. The van der Waals surface area contributed by atoms with E-state index in [9.17, 15) is 4.79 Å². The molecule has 4 nitrogen and oxygen atoms in total. The molecule has 0 spiro atoms. The predicted molar refractivity (Wildman–Crippen MR) is 63.6 cm³/mol. The van der Waals surface area contributed by atoms with Gasteiger partial charge in [0.05, 0.1) is 5.69 Å². The minimum absolute atomic E-state index is 0.0840. The first kappa shape index (κ1) is 10.1. The van der Waals surface area contributed by atoms with Gasteiger partial charge in [-0.15, -0.1) is 0 Å². The zero-order chi connectivity index (χ0) is 11.8. The van der Waals surface area contributed by atoms with Crippen molar-refractivity contribution in [1.29, 1.82) is 0 Å². The molecule has 1 amide bonds. The Morgan fingerprint density at radius 3 is 2.94 bits per heavy atom. The van der Waals surface area contributed by atoms with E-state index in [-0.39, 0.29) is 5.91 Å². The van der Waals surface area contributed by atoms with Crippen LogP contribution in [0, 0.1) is 6.92 Å². The van der Waals surface area contributed by atoms with Gasteiger partial charge in [0, 0.05) is 23.7 Å². The lowest BCUT2D eigenvalue weighted by molar-refractivity contribution is -0.116. The van der Waals surface area contributed by atoms with Crippen LogP contribution in [0.4, 0.5) is 5.69 Å². The highest BCUT2D eigenvalue weighted by molar-refractivity contribution is 5.94. The van der Waals surface area contributed by atoms with Crippen LogP contribution in [0.15, 0.2) is 28.8 Å². The van der Waals surface area contributed by atoms with Crippen molar-refractivity contribution in [2.45, 2.75) is 19.8 Å². The maximum absolute atomic E-state index is 11.2. The quantitative estimate of drug-likeness (QED) is 0.816. The summed E-state index contributed by atoms with van der Waals surface area (Å²) in [5.41, 5.74) is 3.92. The molecule has 2 heterocycles. The lowest BCUT2D eigenvalue weighted by atomic mass is 9.99. The molecule has 4 heteroatoms. The number of nitrogens with one attached hydrogen (secondary N) is 1. The summed E-state index contributed by atoms with van der Waals surface area (Å²) in [6.07, 6.45) is 1.33. The number of aryl methyl sites for hydroxylation is 2. The van der Waals surface area contributed by atoms with Crippen molar-refractivity contribution in [2.75, 3.05) is 5.32 Å². The van der Waals surface area contributed by atoms with Gasteiger partial charge in [-0.25, -0.2) is 0 Å². The van der Waals surface area contributed by atoms with Gasteiger partial charge in [0.1, 0.15) is 0 Å². The van der Waals surface area contributed by atoms with Crippen molar-refractivity contribution in [2.24, 2.45) is 0 Å². The number of hydrogen-bond acceptors (Lipinski definition) is 3. The normalized spacial score (nSPS) is 14.3. The van der Waals surface area contributed by atoms with Crippen molar-refractivity contribution < 1.29 is 9.32 Å². The van der Waals surface area contributed by atoms with E-state index in [1.807, 2.05) is 25.1 Å². The SMILES string of the molecule is Cc1cc(-c2ccc3c(c2)CCC(=O)N3)on1. The van der Waals surface area contributed by atoms with E-state index in [1.54, 1.807) is 0 Å². The number of rotatable bonds is 1. The van der Waals surface area contributed by atoms with Crippen LogP contribution in [-0.2, 0) is 11.2 Å².